The molecular weight excluding hydrogens is 847 g/mol. The summed E-state index contributed by atoms with van der Waals surface area (Å²) in [4.78, 5) is 0. The monoisotopic (exact) mass is 908 g/mol. The molecule has 0 unspecified atom stereocenters. The van der Waals surface area contributed by atoms with Gasteiger partial charge < -0.3 is 0 Å². The molecular formula is C57H64Cl2Zr-4. The normalized spacial score (nSPS) is 11.7. The standard InChI is InChI=1S/C33H33.2C9H11.C5H5.CH2.2ClH.Zr/c1-32(2,3)30-20-26-24(18-28(30)22-13-9-7-10-14-22)17-25-19-29(23-15-11-8-12-16-23)31(21-27(25)26)33(4,5)6;2*1-8(2)9-6-4-3-5-7-9;1-2-4-5-3-1;;;;/h7-16,18,20-21H,17H2,1-6H3;2*4-8H,1-2H3;1-3H,4H2;1H2;2*1H;/q4*-1;;;;. The number of benzene rings is 6. The average Bonchev–Trinajstić information content (AvgIpc) is 3.94. The van der Waals surface area contributed by atoms with Crippen LogP contribution in [0.3, 0.4) is 0 Å². The van der Waals surface area contributed by atoms with Gasteiger partial charge in [-0.25, -0.2) is 12.2 Å². The SMILES string of the molecule is CC(C)(C)c1cc2c([c-]c1-c1ccccc1)Cc1cc(-c3ccccc3)c(C(C)(C)C)cc1-2.CC(C)c1cc[c-]cc1.CC(C)c1cc[c-]cc1.Cl.Cl.[C-]1=CC=CC1.[CH2]=[Zr]. The van der Waals surface area contributed by atoms with Crippen LogP contribution >= 0.6 is 24.8 Å². The van der Waals surface area contributed by atoms with E-state index in [0.29, 0.717) is 11.8 Å². The Morgan fingerprint density at radius 1 is 0.567 bits per heavy atom. The van der Waals surface area contributed by atoms with Crippen molar-refractivity contribution in [3.05, 3.63) is 203 Å². The Labute approximate surface area is 391 Å². The number of allylic oxidation sites excluding steroid dienone is 4. The molecule has 2 aliphatic carbocycles. The molecule has 0 bridgehead atoms. The molecule has 0 aromatic heterocycles. The van der Waals surface area contributed by atoms with Gasteiger partial charge in [-0.05, 0) is 51.3 Å². The van der Waals surface area contributed by atoms with E-state index in [-0.39, 0.29) is 35.6 Å². The van der Waals surface area contributed by atoms with Crippen molar-refractivity contribution in [3.8, 4) is 33.4 Å². The first-order valence-electron chi connectivity index (χ1n) is 20.6. The van der Waals surface area contributed by atoms with Crippen LogP contribution in [0.2, 0.25) is 0 Å². The van der Waals surface area contributed by atoms with Crippen LogP contribution in [0.5, 0.6) is 0 Å². The summed E-state index contributed by atoms with van der Waals surface area (Å²) in [5.74, 6) is 1.28. The molecule has 314 valence electrons. The fourth-order valence-corrected chi connectivity index (χ4v) is 7.01. The van der Waals surface area contributed by atoms with Crippen LogP contribution in [0.4, 0.5) is 0 Å². The molecule has 0 nitrogen and oxygen atoms in total. The summed E-state index contributed by atoms with van der Waals surface area (Å²) in [7, 11) is 0. The summed E-state index contributed by atoms with van der Waals surface area (Å²) in [6.07, 6.45) is 10.9. The minimum atomic E-state index is 0. The van der Waals surface area contributed by atoms with Gasteiger partial charge >= 0.3 is 28.4 Å². The van der Waals surface area contributed by atoms with Crippen molar-refractivity contribution in [1.82, 2.24) is 0 Å². The second-order valence-corrected chi connectivity index (χ2v) is 17.4. The number of halogens is 2. The van der Waals surface area contributed by atoms with Gasteiger partial charge in [0.1, 0.15) is 0 Å². The molecule has 0 spiro atoms. The van der Waals surface area contributed by atoms with Crippen molar-refractivity contribution in [2.24, 2.45) is 0 Å². The maximum absolute atomic E-state index is 3.88. The van der Waals surface area contributed by atoms with E-state index in [2.05, 4.69) is 207 Å². The molecule has 6 aromatic rings. The molecule has 0 amide bonds. The Balaban J connectivity index is 0.000000372. The van der Waals surface area contributed by atoms with Crippen LogP contribution in [-0.4, -0.2) is 4.21 Å². The fraction of sp³-hybridized carbons (Fsp3) is 0.281. The van der Waals surface area contributed by atoms with Crippen LogP contribution < -0.4 is 0 Å². The van der Waals surface area contributed by atoms with Crippen LogP contribution in [-0.2, 0) is 41.5 Å². The number of rotatable bonds is 4. The van der Waals surface area contributed by atoms with Gasteiger partial charge in [-0.1, -0.05) is 159 Å². The molecule has 0 saturated carbocycles. The van der Waals surface area contributed by atoms with Crippen molar-refractivity contribution in [1.29, 1.82) is 0 Å². The van der Waals surface area contributed by atoms with Crippen LogP contribution in [0, 0.1) is 24.3 Å². The van der Waals surface area contributed by atoms with Gasteiger partial charge in [0, 0.05) is 0 Å². The second kappa shape index (κ2) is 25.2. The van der Waals surface area contributed by atoms with Crippen molar-refractivity contribution in [2.45, 2.75) is 105 Å². The van der Waals surface area contributed by atoms with Crippen LogP contribution in [0.25, 0.3) is 33.4 Å². The topological polar surface area (TPSA) is 0 Å². The molecule has 0 heterocycles. The number of hydrogen-bond acceptors (Lipinski definition) is 0. The zero-order chi connectivity index (χ0) is 42.3. The first kappa shape index (κ1) is 52.3. The van der Waals surface area contributed by atoms with E-state index in [1.54, 1.807) is 0 Å². The van der Waals surface area contributed by atoms with Gasteiger partial charge in [-0.3, -0.25) is 6.08 Å². The van der Waals surface area contributed by atoms with Gasteiger partial charge in [0.25, 0.3) is 0 Å². The Morgan fingerprint density at radius 2 is 1.03 bits per heavy atom. The summed E-state index contributed by atoms with van der Waals surface area (Å²) in [6.45, 7) is 22.7. The second-order valence-electron chi connectivity index (χ2n) is 17.4. The molecule has 2 aliphatic rings. The van der Waals surface area contributed by atoms with E-state index in [4.69, 9.17) is 0 Å². The minimum absolute atomic E-state index is 0. The summed E-state index contributed by atoms with van der Waals surface area (Å²) < 4.78 is 3.34. The molecule has 0 saturated heterocycles. The Bertz CT molecular complexity index is 2050. The predicted molar refractivity (Wildman–Crippen MR) is 264 cm³/mol. The van der Waals surface area contributed by atoms with E-state index in [9.17, 15) is 0 Å². The number of hydrogen-bond donors (Lipinski definition) is 0. The van der Waals surface area contributed by atoms with Crippen molar-refractivity contribution >= 4 is 29.0 Å². The quantitative estimate of drug-likeness (QED) is 0.154. The summed E-state index contributed by atoms with van der Waals surface area (Å²) in [6, 6.07) is 55.0. The van der Waals surface area contributed by atoms with Gasteiger partial charge in [-0.2, -0.15) is 77.9 Å². The van der Waals surface area contributed by atoms with Gasteiger partial charge in [-0.15, -0.1) is 60.1 Å². The van der Waals surface area contributed by atoms with Crippen molar-refractivity contribution in [3.63, 3.8) is 0 Å². The van der Waals surface area contributed by atoms with Crippen LogP contribution in [0.1, 0.15) is 121 Å². The third kappa shape index (κ3) is 14.9. The molecule has 0 fully saturated rings. The predicted octanol–water partition coefficient (Wildman–Crippen LogP) is 16.3. The molecule has 8 rings (SSSR count). The third-order valence-electron chi connectivity index (χ3n) is 10.2. The van der Waals surface area contributed by atoms with Crippen LogP contribution in [0.15, 0.2) is 146 Å². The average molecular weight is 911 g/mol. The Kier molecular flexibility index (Phi) is 21.9. The first-order valence-corrected chi connectivity index (χ1v) is 22.3. The fourth-order valence-electron chi connectivity index (χ4n) is 7.01. The zero-order valence-electron chi connectivity index (χ0n) is 37.4. The summed E-state index contributed by atoms with van der Waals surface area (Å²) in [5, 5.41) is 0. The van der Waals surface area contributed by atoms with E-state index in [1.807, 2.05) is 36.4 Å². The van der Waals surface area contributed by atoms with Gasteiger partial charge in [0.2, 0.25) is 0 Å². The summed E-state index contributed by atoms with van der Waals surface area (Å²) >= 11 is 1.30. The van der Waals surface area contributed by atoms with Gasteiger partial charge in [0.15, 0.2) is 0 Å². The molecule has 3 heteroatoms. The zero-order valence-corrected chi connectivity index (χ0v) is 41.5. The van der Waals surface area contributed by atoms with E-state index in [0.717, 1.165) is 12.8 Å². The molecule has 0 aliphatic heterocycles. The summed E-state index contributed by atoms with van der Waals surface area (Å²) in [5.41, 5.74) is 16.3. The van der Waals surface area contributed by atoms with E-state index in [1.165, 1.54) is 91.0 Å². The Hall–Kier alpha value is -3.87. The third-order valence-corrected chi connectivity index (χ3v) is 10.2. The van der Waals surface area contributed by atoms with E-state index < -0.39 is 0 Å². The van der Waals surface area contributed by atoms with Crippen molar-refractivity contribution < 1.29 is 24.2 Å². The van der Waals surface area contributed by atoms with E-state index >= 15 is 0 Å². The first-order chi connectivity index (χ1) is 27.7. The molecule has 6 aromatic carbocycles. The molecule has 60 heavy (non-hydrogen) atoms. The number of fused-ring (bicyclic) bond motifs is 3. The molecule has 0 radical (unpaired) electrons. The molecule has 0 atom stereocenters. The molecule has 0 N–H and O–H groups in total. The van der Waals surface area contributed by atoms with Gasteiger partial charge in [0.05, 0.1) is 0 Å². The maximum atomic E-state index is 3.88. The van der Waals surface area contributed by atoms with Crippen molar-refractivity contribution in [2.75, 3.05) is 0 Å². The Morgan fingerprint density at radius 3 is 1.42 bits per heavy atom.